The Bertz CT molecular complexity index is 574. The van der Waals surface area contributed by atoms with E-state index in [0.717, 1.165) is 30.6 Å². The molecule has 0 bridgehead atoms. The van der Waals surface area contributed by atoms with Crippen LogP contribution in [0.1, 0.15) is 38.5 Å². The average molecular weight is 389 g/mol. The highest BCUT2D eigenvalue weighted by molar-refractivity contribution is 5.83. The molecule has 152 valence electrons. The molecule has 2 aliphatic heterocycles. The van der Waals surface area contributed by atoms with Gasteiger partial charge in [-0.15, -0.1) is 0 Å². The summed E-state index contributed by atoms with van der Waals surface area (Å²) in [7, 11) is 0. The summed E-state index contributed by atoms with van der Waals surface area (Å²) in [5.41, 5.74) is 0. The molecule has 0 radical (unpaired) electrons. The minimum Gasteiger partial charge on any atom is -0.339 e. The summed E-state index contributed by atoms with van der Waals surface area (Å²) in [6, 6.07) is 0. The van der Waals surface area contributed by atoms with Gasteiger partial charge in [-0.1, -0.05) is 12.8 Å². The van der Waals surface area contributed by atoms with E-state index in [9.17, 15) is 27.6 Å². The molecule has 0 spiro atoms. The number of hydrogen-bond donors (Lipinski definition) is 0. The van der Waals surface area contributed by atoms with Crippen molar-refractivity contribution < 1.29 is 27.6 Å². The van der Waals surface area contributed by atoms with Crippen LogP contribution in [0.25, 0.3) is 0 Å². The number of piperidine rings is 1. The van der Waals surface area contributed by atoms with E-state index in [-0.39, 0.29) is 49.6 Å². The van der Waals surface area contributed by atoms with Gasteiger partial charge in [-0.25, -0.2) is 0 Å². The summed E-state index contributed by atoms with van der Waals surface area (Å²) >= 11 is 0. The standard InChI is InChI=1S/C18H26F3N3O3/c19-18(20,21)17(27)24-7-5-14(6-8-24)16(26)23-11-9-22(10-12-23)15(25)13-3-1-2-4-13/h13-14H,1-12H2. The molecule has 3 rings (SSSR count). The minimum atomic E-state index is -4.86. The third-order valence-electron chi connectivity index (χ3n) is 5.98. The van der Waals surface area contributed by atoms with Gasteiger partial charge in [-0.3, -0.25) is 14.4 Å². The Labute approximate surface area is 156 Å². The Balaban J connectivity index is 1.45. The molecule has 0 N–H and O–H groups in total. The zero-order valence-corrected chi connectivity index (χ0v) is 15.3. The number of amides is 3. The molecule has 3 amide bonds. The van der Waals surface area contributed by atoms with Gasteiger partial charge < -0.3 is 14.7 Å². The lowest BCUT2D eigenvalue weighted by Crippen LogP contribution is -2.54. The minimum absolute atomic E-state index is 0.0467. The van der Waals surface area contributed by atoms with E-state index < -0.39 is 12.1 Å². The Morgan fingerprint density at radius 2 is 1.04 bits per heavy atom. The first-order chi connectivity index (χ1) is 12.8. The van der Waals surface area contributed by atoms with Crippen LogP contribution in [-0.2, 0) is 14.4 Å². The molecular formula is C18H26F3N3O3. The fraction of sp³-hybridized carbons (Fsp3) is 0.833. The first-order valence-electron chi connectivity index (χ1n) is 9.71. The van der Waals surface area contributed by atoms with Crippen LogP contribution in [0.3, 0.4) is 0 Å². The van der Waals surface area contributed by atoms with E-state index in [2.05, 4.69) is 0 Å². The maximum atomic E-state index is 12.7. The molecular weight excluding hydrogens is 363 g/mol. The van der Waals surface area contributed by atoms with Crippen LogP contribution >= 0.6 is 0 Å². The van der Waals surface area contributed by atoms with Crippen molar-refractivity contribution in [2.45, 2.75) is 44.7 Å². The predicted octanol–water partition coefficient (Wildman–Crippen LogP) is 1.65. The van der Waals surface area contributed by atoms with Crippen molar-refractivity contribution in [3.05, 3.63) is 0 Å². The van der Waals surface area contributed by atoms with E-state index in [4.69, 9.17) is 0 Å². The number of carbonyl (C=O) groups excluding carboxylic acids is 3. The second-order valence-electron chi connectivity index (χ2n) is 7.70. The zero-order valence-electron chi connectivity index (χ0n) is 15.3. The quantitative estimate of drug-likeness (QED) is 0.722. The number of hydrogen-bond acceptors (Lipinski definition) is 3. The van der Waals surface area contributed by atoms with Gasteiger partial charge in [0.2, 0.25) is 11.8 Å². The summed E-state index contributed by atoms with van der Waals surface area (Å²) < 4.78 is 37.5. The maximum absolute atomic E-state index is 12.7. The molecule has 1 saturated carbocycles. The molecule has 0 aromatic carbocycles. The number of piperazine rings is 1. The van der Waals surface area contributed by atoms with Gasteiger partial charge >= 0.3 is 12.1 Å². The zero-order chi connectivity index (χ0) is 19.6. The lowest BCUT2D eigenvalue weighted by atomic mass is 9.94. The molecule has 3 aliphatic rings. The second kappa shape index (κ2) is 8.06. The SMILES string of the molecule is O=C(C1CCCC1)N1CCN(C(=O)C2CCN(C(=O)C(F)(F)F)CC2)CC1. The number of likely N-dealkylation sites (tertiary alicyclic amines) is 1. The topological polar surface area (TPSA) is 60.9 Å². The maximum Gasteiger partial charge on any atom is 0.471 e. The van der Waals surface area contributed by atoms with Crippen LogP contribution in [-0.4, -0.2) is 77.9 Å². The summed E-state index contributed by atoms with van der Waals surface area (Å²) in [6.07, 6.45) is -0.252. The lowest BCUT2D eigenvalue weighted by Gasteiger charge is -2.39. The van der Waals surface area contributed by atoms with Crippen molar-refractivity contribution >= 4 is 17.7 Å². The molecule has 9 heteroatoms. The van der Waals surface area contributed by atoms with E-state index in [1.54, 1.807) is 4.90 Å². The van der Waals surface area contributed by atoms with Crippen LogP contribution in [0.2, 0.25) is 0 Å². The van der Waals surface area contributed by atoms with E-state index in [0.29, 0.717) is 26.2 Å². The van der Waals surface area contributed by atoms with Crippen LogP contribution in [0.5, 0.6) is 0 Å². The van der Waals surface area contributed by atoms with E-state index in [1.807, 2.05) is 4.90 Å². The second-order valence-corrected chi connectivity index (χ2v) is 7.70. The third-order valence-corrected chi connectivity index (χ3v) is 5.98. The Morgan fingerprint density at radius 1 is 0.630 bits per heavy atom. The van der Waals surface area contributed by atoms with E-state index in [1.165, 1.54) is 0 Å². The first-order valence-corrected chi connectivity index (χ1v) is 9.71. The van der Waals surface area contributed by atoms with Crippen LogP contribution < -0.4 is 0 Å². The summed E-state index contributed by atoms with van der Waals surface area (Å²) in [4.78, 5) is 40.7. The summed E-state index contributed by atoms with van der Waals surface area (Å²) in [5, 5.41) is 0. The van der Waals surface area contributed by atoms with Gasteiger partial charge in [0.25, 0.3) is 0 Å². The predicted molar refractivity (Wildman–Crippen MR) is 90.5 cm³/mol. The highest BCUT2D eigenvalue weighted by atomic mass is 19.4. The van der Waals surface area contributed by atoms with Crippen molar-refractivity contribution in [3.63, 3.8) is 0 Å². The van der Waals surface area contributed by atoms with E-state index >= 15 is 0 Å². The molecule has 0 aromatic heterocycles. The molecule has 1 aliphatic carbocycles. The van der Waals surface area contributed by atoms with Gasteiger partial charge in [-0.2, -0.15) is 13.2 Å². The highest BCUT2D eigenvalue weighted by Gasteiger charge is 2.44. The molecule has 2 saturated heterocycles. The third kappa shape index (κ3) is 4.55. The molecule has 2 heterocycles. The number of rotatable bonds is 2. The van der Waals surface area contributed by atoms with Crippen molar-refractivity contribution in [2.24, 2.45) is 11.8 Å². The molecule has 0 aromatic rings. The van der Waals surface area contributed by atoms with Gasteiger partial charge in [0.05, 0.1) is 0 Å². The number of halogens is 3. The summed E-state index contributed by atoms with van der Waals surface area (Å²) in [6.45, 7) is 1.89. The first kappa shape index (κ1) is 19.9. The molecule has 3 fully saturated rings. The van der Waals surface area contributed by atoms with Crippen molar-refractivity contribution in [1.82, 2.24) is 14.7 Å². The van der Waals surface area contributed by atoms with Crippen LogP contribution in [0.15, 0.2) is 0 Å². The highest BCUT2D eigenvalue weighted by Crippen LogP contribution is 2.28. The largest absolute Gasteiger partial charge is 0.471 e. The summed E-state index contributed by atoms with van der Waals surface area (Å²) in [5.74, 6) is -1.92. The van der Waals surface area contributed by atoms with Crippen LogP contribution in [0.4, 0.5) is 13.2 Å². The normalized spacial score (nSPS) is 23.0. The Morgan fingerprint density at radius 3 is 1.44 bits per heavy atom. The monoisotopic (exact) mass is 389 g/mol. The fourth-order valence-corrected chi connectivity index (χ4v) is 4.35. The fourth-order valence-electron chi connectivity index (χ4n) is 4.35. The molecule has 6 nitrogen and oxygen atoms in total. The van der Waals surface area contributed by atoms with Gasteiger partial charge in [-0.05, 0) is 25.7 Å². The number of carbonyl (C=O) groups is 3. The smallest absolute Gasteiger partial charge is 0.339 e. The molecule has 0 atom stereocenters. The van der Waals surface area contributed by atoms with Crippen molar-refractivity contribution in [1.29, 1.82) is 0 Å². The van der Waals surface area contributed by atoms with Gasteiger partial charge in [0.15, 0.2) is 0 Å². The number of nitrogens with zero attached hydrogens (tertiary/aromatic N) is 3. The van der Waals surface area contributed by atoms with Gasteiger partial charge in [0, 0.05) is 51.1 Å². The Kier molecular flexibility index (Phi) is 5.95. The molecule has 0 unspecified atom stereocenters. The Hall–Kier alpha value is -1.80. The van der Waals surface area contributed by atoms with Crippen molar-refractivity contribution in [2.75, 3.05) is 39.3 Å². The van der Waals surface area contributed by atoms with Crippen LogP contribution in [0, 0.1) is 11.8 Å². The average Bonchev–Trinajstić information content (AvgIpc) is 3.20. The van der Waals surface area contributed by atoms with Gasteiger partial charge in [0.1, 0.15) is 0 Å². The lowest BCUT2D eigenvalue weighted by molar-refractivity contribution is -0.187. The number of alkyl halides is 3. The van der Waals surface area contributed by atoms with Crippen molar-refractivity contribution in [3.8, 4) is 0 Å². The molecule has 27 heavy (non-hydrogen) atoms.